The lowest BCUT2D eigenvalue weighted by Gasteiger charge is -2.11. The normalized spacial score (nSPS) is 11.3. The summed E-state index contributed by atoms with van der Waals surface area (Å²) in [7, 11) is 4.26. The zero-order valence-electron chi connectivity index (χ0n) is 11.0. The molecule has 0 aliphatic heterocycles. The van der Waals surface area contributed by atoms with Crippen LogP contribution in [-0.2, 0) is 6.42 Å². The quantitative estimate of drug-likeness (QED) is 0.770. The van der Waals surface area contributed by atoms with Gasteiger partial charge in [0.1, 0.15) is 0 Å². The highest BCUT2D eigenvalue weighted by atomic mass is 15.0. The van der Waals surface area contributed by atoms with Crippen molar-refractivity contribution in [2.45, 2.75) is 19.8 Å². The number of rotatable bonds is 4. The predicted octanol–water partition coefficient (Wildman–Crippen LogP) is 3.64. The Balaban J connectivity index is 2.26. The van der Waals surface area contributed by atoms with Gasteiger partial charge >= 0.3 is 0 Å². The number of fused-ring (bicyclic) bond motifs is 1. The van der Waals surface area contributed by atoms with E-state index in [1.54, 1.807) is 0 Å². The maximum Gasteiger partial charge on any atom is -0.00217 e. The molecule has 0 aliphatic rings. The first-order chi connectivity index (χ1) is 8.18. The van der Waals surface area contributed by atoms with Crippen molar-refractivity contribution in [3.63, 3.8) is 0 Å². The number of hydrogen-bond acceptors (Lipinski definition) is 1. The molecule has 2 rings (SSSR count). The van der Waals surface area contributed by atoms with Gasteiger partial charge in [0.25, 0.3) is 0 Å². The van der Waals surface area contributed by atoms with Gasteiger partial charge in [0.15, 0.2) is 0 Å². The second-order valence-electron chi connectivity index (χ2n) is 4.99. The zero-order valence-corrected chi connectivity index (χ0v) is 11.0. The van der Waals surface area contributed by atoms with Crippen LogP contribution in [0.4, 0.5) is 0 Å². The van der Waals surface area contributed by atoms with Gasteiger partial charge in [-0.15, -0.1) is 0 Å². The topological polar surface area (TPSA) is 3.24 Å². The second-order valence-corrected chi connectivity index (χ2v) is 4.99. The van der Waals surface area contributed by atoms with Crippen LogP contribution in [0.5, 0.6) is 0 Å². The van der Waals surface area contributed by atoms with Crippen molar-refractivity contribution >= 4 is 10.8 Å². The smallest absolute Gasteiger partial charge is 0.00217 e. The SMILES string of the molecule is Cc1ccc(CCCN(C)C)c2ccccc12. The van der Waals surface area contributed by atoms with Crippen LogP contribution in [0.2, 0.25) is 0 Å². The molecular weight excluding hydrogens is 206 g/mol. The van der Waals surface area contributed by atoms with E-state index in [1.165, 1.54) is 34.7 Å². The van der Waals surface area contributed by atoms with Crippen molar-refractivity contribution < 1.29 is 0 Å². The van der Waals surface area contributed by atoms with Crippen molar-refractivity contribution in [2.75, 3.05) is 20.6 Å². The van der Waals surface area contributed by atoms with Gasteiger partial charge in [-0.25, -0.2) is 0 Å². The molecule has 0 atom stereocenters. The molecule has 0 spiro atoms. The summed E-state index contributed by atoms with van der Waals surface area (Å²) in [4.78, 5) is 2.25. The number of benzene rings is 2. The summed E-state index contributed by atoms with van der Waals surface area (Å²) in [5.41, 5.74) is 2.85. The monoisotopic (exact) mass is 227 g/mol. The largest absolute Gasteiger partial charge is 0.309 e. The fraction of sp³-hybridized carbons (Fsp3) is 0.375. The minimum absolute atomic E-state index is 1.15. The summed E-state index contributed by atoms with van der Waals surface area (Å²) >= 11 is 0. The van der Waals surface area contributed by atoms with E-state index in [9.17, 15) is 0 Å². The third kappa shape index (κ3) is 2.86. The fourth-order valence-corrected chi connectivity index (χ4v) is 2.32. The standard InChI is InChI=1S/C16H21N/c1-13-10-11-14(7-6-12-17(2)3)16-9-5-4-8-15(13)16/h4-5,8-11H,6-7,12H2,1-3H3. The minimum Gasteiger partial charge on any atom is -0.309 e. The third-order valence-electron chi connectivity index (χ3n) is 3.28. The molecule has 0 bridgehead atoms. The van der Waals surface area contributed by atoms with Crippen molar-refractivity contribution in [3.05, 3.63) is 47.5 Å². The van der Waals surface area contributed by atoms with Gasteiger partial charge < -0.3 is 4.90 Å². The first-order valence-electron chi connectivity index (χ1n) is 6.30. The molecule has 0 heterocycles. The molecule has 0 aromatic heterocycles. The maximum absolute atomic E-state index is 2.29. The molecule has 0 saturated heterocycles. The summed E-state index contributed by atoms with van der Waals surface area (Å²) < 4.78 is 0. The highest BCUT2D eigenvalue weighted by molar-refractivity contribution is 5.88. The molecule has 0 N–H and O–H groups in total. The lowest BCUT2D eigenvalue weighted by molar-refractivity contribution is 0.400. The van der Waals surface area contributed by atoms with Crippen LogP contribution in [0.25, 0.3) is 10.8 Å². The van der Waals surface area contributed by atoms with Crippen LogP contribution in [0, 0.1) is 6.92 Å². The van der Waals surface area contributed by atoms with Gasteiger partial charge in [-0.3, -0.25) is 0 Å². The van der Waals surface area contributed by atoms with Crippen LogP contribution in [0.3, 0.4) is 0 Å². The summed E-state index contributed by atoms with van der Waals surface area (Å²) in [5.74, 6) is 0. The van der Waals surface area contributed by atoms with Crippen LogP contribution in [0.15, 0.2) is 36.4 Å². The van der Waals surface area contributed by atoms with E-state index in [0.717, 1.165) is 6.54 Å². The third-order valence-corrected chi connectivity index (χ3v) is 3.28. The van der Waals surface area contributed by atoms with E-state index < -0.39 is 0 Å². The van der Waals surface area contributed by atoms with E-state index in [4.69, 9.17) is 0 Å². The van der Waals surface area contributed by atoms with Gasteiger partial charge in [-0.2, -0.15) is 0 Å². The molecular formula is C16H21N. The van der Waals surface area contributed by atoms with Gasteiger partial charge in [-0.05, 0) is 62.3 Å². The van der Waals surface area contributed by atoms with Gasteiger partial charge in [0, 0.05) is 0 Å². The molecule has 0 fully saturated rings. The predicted molar refractivity (Wildman–Crippen MR) is 75.6 cm³/mol. The zero-order chi connectivity index (χ0) is 12.3. The molecule has 0 saturated carbocycles. The second kappa shape index (κ2) is 5.33. The summed E-state index contributed by atoms with van der Waals surface area (Å²) in [6.45, 7) is 3.34. The highest BCUT2D eigenvalue weighted by Crippen LogP contribution is 2.23. The van der Waals surface area contributed by atoms with E-state index in [0.29, 0.717) is 0 Å². The first kappa shape index (κ1) is 12.1. The molecule has 1 heteroatoms. The van der Waals surface area contributed by atoms with Gasteiger partial charge in [-0.1, -0.05) is 36.4 Å². The fourth-order valence-electron chi connectivity index (χ4n) is 2.32. The molecule has 0 unspecified atom stereocenters. The average Bonchev–Trinajstić information content (AvgIpc) is 2.32. The van der Waals surface area contributed by atoms with E-state index >= 15 is 0 Å². The Bertz CT molecular complexity index is 500. The van der Waals surface area contributed by atoms with Crippen LogP contribution in [-0.4, -0.2) is 25.5 Å². The Hall–Kier alpha value is -1.34. The Morgan fingerprint density at radius 1 is 0.941 bits per heavy atom. The molecule has 1 nitrogen and oxygen atoms in total. The molecule has 0 radical (unpaired) electrons. The van der Waals surface area contributed by atoms with Crippen LogP contribution < -0.4 is 0 Å². The van der Waals surface area contributed by atoms with E-state index in [2.05, 4.69) is 62.3 Å². The highest BCUT2D eigenvalue weighted by Gasteiger charge is 2.03. The molecule has 0 amide bonds. The van der Waals surface area contributed by atoms with E-state index in [1.807, 2.05) is 0 Å². The minimum atomic E-state index is 1.15. The molecule has 90 valence electrons. The van der Waals surface area contributed by atoms with Crippen molar-refractivity contribution in [1.29, 1.82) is 0 Å². The van der Waals surface area contributed by atoms with Crippen molar-refractivity contribution in [1.82, 2.24) is 4.90 Å². The number of aryl methyl sites for hydroxylation is 2. The lowest BCUT2D eigenvalue weighted by Crippen LogP contribution is -2.13. The summed E-state index contributed by atoms with van der Waals surface area (Å²) in [5, 5.41) is 2.82. The molecule has 2 aromatic carbocycles. The molecule has 17 heavy (non-hydrogen) atoms. The van der Waals surface area contributed by atoms with Crippen LogP contribution >= 0.6 is 0 Å². The number of hydrogen-bond donors (Lipinski definition) is 0. The maximum atomic E-state index is 2.29. The Labute approximate surface area is 104 Å². The Morgan fingerprint density at radius 2 is 1.65 bits per heavy atom. The van der Waals surface area contributed by atoms with Gasteiger partial charge in [0.2, 0.25) is 0 Å². The summed E-state index contributed by atoms with van der Waals surface area (Å²) in [6, 6.07) is 13.3. The molecule has 0 aliphatic carbocycles. The van der Waals surface area contributed by atoms with Crippen LogP contribution in [0.1, 0.15) is 17.5 Å². The van der Waals surface area contributed by atoms with Crippen molar-refractivity contribution in [2.24, 2.45) is 0 Å². The molecule has 2 aromatic rings. The average molecular weight is 227 g/mol. The first-order valence-corrected chi connectivity index (χ1v) is 6.30. The van der Waals surface area contributed by atoms with E-state index in [-0.39, 0.29) is 0 Å². The summed E-state index contributed by atoms with van der Waals surface area (Å²) in [6.07, 6.45) is 2.39. The number of nitrogens with zero attached hydrogens (tertiary/aromatic N) is 1. The lowest BCUT2D eigenvalue weighted by atomic mass is 9.97. The Kier molecular flexibility index (Phi) is 3.80. The van der Waals surface area contributed by atoms with Crippen molar-refractivity contribution in [3.8, 4) is 0 Å². The Morgan fingerprint density at radius 3 is 2.35 bits per heavy atom. The van der Waals surface area contributed by atoms with Gasteiger partial charge in [0.05, 0.1) is 0 Å².